The van der Waals surface area contributed by atoms with Crippen LogP contribution < -0.4 is 0 Å². The maximum absolute atomic E-state index is 2.75. The summed E-state index contributed by atoms with van der Waals surface area (Å²) in [4.78, 5) is 0. The van der Waals surface area contributed by atoms with Gasteiger partial charge in [0.05, 0.1) is 0 Å². The second-order valence-electron chi connectivity index (χ2n) is 13.7. The molecule has 7 atom stereocenters. The quantitative estimate of drug-likeness (QED) is 0.397. The van der Waals surface area contributed by atoms with E-state index in [9.17, 15) is 0 Å². The first-order valence-corrected chi connectivity index (χ1v) is 13.5. The first kappa shape index (κ1) is 23.7. The highest BCUT2D eigenvalue weighted by atomic mass is 14.7. The van der Waals surface area contributed by atoms with E-state index in [2.05, 4.69) is 55.4 Å². The Morgan fingerprint density at radius 3 is 2.17 bits per heavy atom. The van der Waals surface area contributed by atoms with Crippen molar-refractivity contribution in [2.75, 3.05) is 0 Å². The zero-order valence-corrected chi connectivity index (χ0v) is 21.4. The lowest BCUT2D eigenvalue weighted by Gasteiger charge is -2.66. The minimum Gasteiger partial charge on any atom is -0.0628 e. The smallest absolute Gasteiger partial charge is 0.0259 e. The van der Waals surface area contributed by atoms with Gasteiger partial charge in [0.2, 0.25) is 0 Å². The van der Waals surface area contributed by atoms with E-state index in [1.54, 1.807) is 0 Å². The van der Waals surface area contributed by atoms with Crippen molar-refractivity contribution in [3.05, 3.63) is 0 Å². The normalized spacial score (nSPS) is 42.9. The van der Waals surface area contributed by atoms with Gasteiger partial charge in [-0.2, -0.15) is 0 Å². The molecule has 0 aromatic rings. The van der Waals surface area contributed by atoms with Gasteiger partial charge >= 0.3 is 0 Å². The maximum atomic E-state index is 2.75. The van der Waals surface area contributed by atoms with Crippen molar-refractivity contribution in [2.24, 2.45) is 51.8 Å². The van der Waals surface area contributed by atoms with E-state index in [0.717, 1.165) is 35.5 Å². The second kappa shape index (κ2) is 8.86. The maximum Gasteiger partial charge on any atom is -0.0259 e. The molecule has 0 spiro atoms. The average Bonchev–Trinajstić information content (AvgIpc) is 2.59. The van der Waals surface area contributed by atoms with Crippen molar-refractivity contribution in [2.45, 2.75) is 132 Å². The molecule has 0 heteroatoms. The molecule has 0 N–H and O–H groups in total. The lowest BCUT2D eigenvalue weighted by atomic mass is 9.38. The first-order valence-electron chi connectivity index (χ1n) is 13.5. The number of rotatable bonds is 7. The molecule has 0 saturated heterocycles. The third-order valence-corrected chi connectivity index (χ3v) is 10.7. The Hall–Kier alpha value is 0. The zero-order chi connectivity index (χ0) is 21.4. The molecular formula is C29H54. The Morgan fingerprint density at radius 1 is 0.759 bits per heavy atom. The van der Waals surface area contributed by atoms with Gasteiger partial charge in [0.15, 0.2) is 0 Å². The number of hydrogen-bond donors (Lipinski definition) is 0. The molecule has 2 unspecified atom stereocenters. The van der Waals surface area contributed by atoms with Gasteiger partial charge in [0.1, 0.15) is 0 Å². The summed E-state index contributed by atoms with van der Waals surface area (Å²) in [5.41, 5.74) is 1.78. The van der Waals surface area contributed by atoms with E-state index < -0.39 is 0 Å². The third-order valence-electron chi connectivity index (χ3n) is 10.7. The summed E-state index contributed by atoms with van der Waals surface area (Å²) in [6.07, 6.45) is 17.7. The Bertz CT molecular complexity index is 530. The molecule has 0 aliphatic heterocycles. The van der Waals surface area contributed by atoms with Crippen LogP contribution in [0.3, 0.4) is 0 Å². The summed E-state index contributed by atoms with van der Waals surface area (Å²) < 4.78 is 0. The summed E-state index contributed by atoms with van der Waals surface area (Å²) in [6, 6.07) is 0. The van der Waals surface area contributed by atoms with Crippen LogP contribution in [0.4, 0.5) is 0 Å². The zero-order valence-electron chi connectivity index (χ0n) is 21.4. The summed E-state index contributed by atoms with van der Waals surface area (Å²) in [5.74, 6) is 5.64. The predicted octanol–water partition coefficient (Wildman–Crippen LogP) is 9.52. The molecule has 3 rings (SSSR count). The van der Waals surface area contributed by atoms with E-state index in [-0.39, 0.29) is 0 Å². The molecule has 3 aliphatic carbocycles. The average molecular weight is 403 g/mol. The highest BCUT2D eigenvalue weighted by molar-refractivity contribution is 5.10. The molecule has 0 radical (unpaired) electrons. The third kappa shape index (κ3) is 4.62. The van der Waals surface area contributed by atoms with E-state index >= 15 is 0 Å². The van der Waals surface area contributed by atoms with Gasteiger partial charge in [0.25, 0.3) is 0 Å². The molecule has 29 heavy (non-hydrogen) atoms. The predicted molar refractivity (Wildman–Crippen MR) is 129 cm³/mol. The molecule has 0 aromatic heterocycles. The fourth-order valence-electron chi connectivity index (χ4n) is 9.17. The van der Waals surface area contributed by atoms with Crippen LogP contribution in [0.15, 0.2) is 0 Å². The Kier molecular flexibility index (Phi) is 7.23. The summed E-state index contributed by atoms with van der Waals surface area (Å²) in [6.45, 7) is 20.6. The van der Waals surface area contributed by atoms with Crippen LogP contribution in [0, 0.1) is 51.8 Å². The van der Waals surface area contributed by atoms with Crippen molar-refractivity contribution in [3.63, 3.8) is 0 Å². The van der Waals surface area contributed by atoms with Gasteiger partial charge in [-0.05, 0) is 90.3 Å². The van der Waals surface area contributed by atoms with Gasteiger partial charge < -0.3 is 0 Å². The van der Waals surface area contributed by atoms with Crippen molar-refractivity contribution in [1.82, 2.24) is 0 Å². The lowest BCUT2D eigenvalue weighted by molar-refractivity contribution is -0.174. The molecule has 170 valence electrons. The topological polar surface area (TPSA) is 0 Å². The summed E-state index contributed by atoms with van der Waals surface area (Å²) >= 11 is 0. The van der Waals surface area contributed by atoms with Crippen molar-refractivity contribution >= 4 is 0 Å². The van der Waals surface area contributed by atoms with E-state index in [0.29, 0.717) is 16.2 Å². The molecule has 0 heterocycles. The first-order chi connectivity index (χ1) is 13.5. The molecule has 0 bridgehead atoms. The van der Waals surface area contributed by atoms with E-state index in [1.807, 2.05) is 0 Å². The van der Waals surface area contributed by atoms with Gasteiger partial charge in [0, 0.05) is 0 Å². The minimum atomic E-state index is 0.567. The van der Waals surface area contributed by atoms with Crippen LogP contribution in [-0.4, -0.2) is 0 Å². The fourth-order valence-corrected chi connectivity index (χ4v) is 9.17. The molecule has 3 aliphatic rings. The summed E-state index contributed by atoms with van der Waals surface area (Å²) in [7, 11) is 0. The fraction of sp³-hybridized carbons (Fsp3) is 1.00. The Balaban J connectivity index is 1.70. The highest BCUT2D eigenvalue weighted by Gasteiger charge is 2.61. The largest absolute Gasteiger partial charge is 0.0628 e. The van der Waals surface area contributed by atoms with E-state index in [4.69, 9.17) is 0 Å². The Morgan fingerprint density at radius 2 is 1.48 bits per heavy atom. The summed E-state index contributed by atoms with van der Waals surface area (Å²) in [5, 5.41) is 0. The van der Waals surface area contributed by atoms with Crippen LogP contribution in [0.5, 0.6) is 0 Å². The molecule has 0 aromatic carbocycles. The molecule has 3 fully saturated rings. The number of hydrogen-bond acceptors (Lipinski definition) is 0. The monoisotopic (exact) mass is 402 g/mol. The van der Waals surface area contributed by atoms with Gasteiger partial charge in [-0.1, -0.05) is 93.9 Å². The van der Waals surface area contributed by atoms with Crippen LogP contribution >= 0.6 is 0 Å². The van der Waals surface area contributed by atoms with Crippen LogP contribution in [0.25, 0.3) is 0 Å². The van der Waals surface area contributed by atoms with Crippen LogP contribution in [-0.2, 0) is 0 Å². The van der Waals surface area contributed by atoms with Crippen molar-refractivity contribution in [3.8, 4) is 0 Å². The van der Waals surface area contributed by atoms with Gasteiger partial charge in [-0.15, -0.1) is 0 Å². The Labute approximate surface area is 184 Å². The number of fused-ring (bicyclic) bond motifs is 3. The minimum absolute atomic E-state index is 0.567. The van der Waals surface area contributed by atoms with Crippen LogP contribution in [0.2, 0.25) is 0 Å². The SMILES string of the molecule is CC(C)CCC[C@@H](C)CC[C@H]1[C@H](C)CCC2[C@]3(C)CCCC(C)(C)C3CC[C@@]21C. The standard InChI is InChI=1S/C29H54/c1-21(2)11-9-12-22(3)13-15-24-23(4)14-16-26-28(24,7)20-17-25-27(5,6)18-10-19-29(25,26)8/h21-26H,9-20H2,1-8H3/t22-,23-,24+,25?,26?,28-,29-/m1/s1. The molecule has 3 saturated carbocycles. The molecule has 0 amide bonds. The lowest BCUT2D eigenvalue weighted by Crippen LogP contribution is -2.59. The molecular weight excluding hydrogens is 348 g/mol. The van der Waals surface area contributed by atoms with E-state index in [1.165, 1.54) is 77.0 Å². The van der Waals surface area contributed by atoms with Crippen molar-refractivity contribution < 1.29 is 0 Å². The molecule has 0 nitrogen and oxygen atoms in total. The van der Waals surface area contributed by atoms with Crippen molar-refractivity contribution in [1.29, 1.82) is 0 Å². The van der Waals surface area contributed by atoms with Gasteiger partial charge in [-0.3, -0.25) is 0 Å². The van der Waals surface area contributed by atoms with Gasteiger partial charge in [-0.25, -0.2) is 0 Å². The van der Waals surface area contributed by atoms with Crippen LogP contribution in [0.1, 0.15) is 132 Å². The highest BCUT2D eigenvalue weighted by Crippen LogP contribution is 2.69. The second-order valence-corrected chi connectivity index (χ2v) is 13.7.